The van der Waals surface area contributed by atoms with Crippen molar-refractivity contribution in [3.05, 3.63) is 180 Å². The number of anilines is 2. The molecule has 2 heteroatoms. The lowest BCUT2D eigenvalue weighted by atomic mass is 9.61. The molecular formula is C38H30N2. The van der Waals surface area contributed by atoms with Crippen LogP contribution in [0.15, 0.2) is 163 Å². The van der Waals surface area contributed by atoms with E-state index in [1.165, 1.54) is 38.2 Å². The molecule has 2 unspecified atom stereocenters. The van der Waals surface area contributed by atoms with Crippen molar-refractivity contribution in [1.82, 2.24) is 0 Å². The molecule has 0 saturated carbocycles. The van der Waals surface area contributed by atoms with Gasteiger partial charge in [-0.1, -0.05) is 121 Å². The SMILES string of the molecule is Nc1ccc(C2(c3ccccc3)C=CC(Nc3ccccc3)=CC2c2cc3ccccc3c3ccccc23)cc1. The fourth-order valence-corrected chi connectivity index (χ4v) is 6.33. The van der Waals surface area contributed by atoms with Gasteiger partial charge in [-0.15, -0.1) is 0 Å². The molecule has 0 aromatic heterocycles. The van der Waals surface area contributed by atoms with Crippen molar-refractivity contribution in [2.45, 2.75) is 11.3 Å². The second-order valence-electron chi connectivity index (χ2n) is 10.5. The highest BCUT2D eigenvalue weighted by molar-refractivity contribution is 6.09. The van der Waals surface area contributed by atoms with Crippen LogP contribution in [0, 0.1) is 0 Å². The van der Waals surface area contributed by atoms with Crippen LogP contribution < -0.4 is 11.1 Å². The van der Waals surface area contributed by atoms with Crippen LogP contribution >= 0.6 is 0 Å². The van der Waals surface area contributed by atoms with Crippen LogP contribution in [0.4, 0.5) is 11.4 Å². The maximum absolute atomic E-state index is 6.19. The van der Waals surface area contributed by atoms with E-state index in [9.17, 15) is 0 Å². The number of para-hydroxylation sites is 1. The quantitative estimate of drug-likeness (QED) is 0.178. The number of nitrogen functional groups attached to an aromatic ring is 1. The van der Waals surface area contributed by atoms with Crippen LogP contribution in [0.5, 0.6) is 0 Å². The largest absolute Gasteiger partial charge is 0.399 e. The first kappa shape index (κ1) is 24.0. The van der Waals surface area contributed by atoms with Gasteiger partial charge in [0, 0.05) is 28.4 Å². The molecule has 1 aliphatic carbocycles. The molecule has 3 N–H and O–H groups in total. The number of nitrogens with one attached hydrogen (secondary N) is 1. The number of nitrogens with two attached hydrogens (primary N) is 1. The molecule has 40 heavy (non-hydrogen) atoms. The molecule has 2 nitrogen and oxygen atoms in total. The summed E-state index contributed by atoms with van der Waals surface area (Å²) in [5.74, 6) is 0.00393. The van der Waals surface area contributed by atoms with Crippen molar-refractivity contribution in [3.63, 3.8) is 0 Å². The zero-order valence-electron chi connectivity index (χ0n) is 22.2. The maximum Gasteiger partial charge on any atom is 0.0489 e. The molecular weight excluding hydrogens is 484 g/mol. The van der Waals surface area contributed by atoms with E-state index >= 15 is 0 Å². The lowest BCUT2D eigenvalue weighted by Gasteiger charge is -2.42. The number of allylic oxidation sites excluding steroid dienone is 3. The third kappa shape index (κ3) is 4.06. The zero-order chi connectivity index (χ0) is 26.9. The van der Waals surface area contributed by atoms with Crippen LogP contribution in [-0.2, 0) is 5.41 Å². The summed E-state index contributed by atoms with van der Waals surface area (Å²) in [6, 6.07) is 49.6. The first-order chi connectivity index (χ1) is 19.7. The Balaban J connectivity index is 1.54. The van der Waals surface area contributed by atoms with E-state index in [0.717, 1.165) is 17.1 Å². The van der Waals surface area contributed by atoms with Crippen molar-refractivity contribution in [2.24, 2.45) is 0 Å². The van der Waals surface area contributed by atoms with Gasteiger partial charge in [0.1, 0.15) is 0 Å². The van der Waals surface area contributed by atoms with Gasteiger partial charge < -0.3 is 11.1 Å². The van der Waals surface area contributed by atoms with Gasteiger partial charge in [-0.3, -0.25) is 0 Å². The summed E-state index contributed by atoms with van der Waals surface area (Å²) in [6.45, 7) is 0. The van der Waals surface area contributed by atoms with E-state index in [4.69, 9.17) is 5.73 Å². The van der Waals surface area contributed by atoms with Gasteiger partial charge in [0.2, 0.25) is 0 Å². The molecule has 0 fully saturated rings. The molecule has 2 atom stereocenters. The Bertz CT molecular complexity index is 1870. The number of fused-ring (bicyclic) bond motifs is 3. The molecule has 0 heterocycles. The van der Waals surface area contributed by atoms with E-state index in [2.05, 4.69) is 145 Å². The van der Waals surface area contributed by atoms with Crippen molar-refractivity contribution >= 4 is 32.9 Å². The third-order valence-corrected chi connectivity index (χ3v) is 8.20. The number of rotatable bonds is 5. The standard InChI is InChI=1S/C38H30N2/c39-30-21-19-29(20-22-30)38(28-12-3-1-4-13-28)24-23-32(40-31-14-5-2-6-15-31)26-37(38)36-25-27-11-7-8-16-33(27)34-17-9-10-18-35(34)36/h1-26,37,40H,39H2. The van der Waals surface area contributed by atoms with Crippen LogP contribution in [0.2, 0.25) is 0 Å². The fourth-order valence-electron chi connectivity index (χ4n) is 6.33. The first-order valence-corrected chi connectivity index (χ1v) is 13.8. The summed E-state index contributed by atoms with van der Waals surface area (Å²) in [7, 11) is 0. The average molecular weight is 515 g/mol. The Kier molecular flexibility index (Phi) is 5.94. The van der Waals surface area contributed by atoms with Gasteiger partial charge >= 0.3 is 0 Å². The first-order valence-electron chi connectivity index (χ1n) is 13.8. The van der Waals surface area contributed by atoms with E-state index in [1.807, 2.05) is 18.2 Å². The van der Waals surface area contributed by atoms with E-state index in [-0.39, 0.29) is 5.92 Å². The Hall–Kier alpha value is -5.08. The van der Waals surface area contributed by atoms with Crippen molar-refractivity contribution in [3.8, 4) is 0 Å². The minimum Gasteiger partial charge on any atom is -0.399 e. The minimum absolute atomic E-state index is 0.00393. The molecule has 192 valence electrons. The molecule has 0 bridgehead atoms. The average Bonchev–Trinajstić information content (AvgIpc) is 3.02. The topological polar surface area (TPSA) is 38.0 Å². The highest BCUT2D eigenvalue weighted by atomic mass is 14.9. The summed E-state index contributed by atoms with van der Waals surface area (Å²) in [5, 5.41) is 8.74. The molecule has 0 aliphatic heterocycles. The molecule has 1 aliphatic rings. The fraction of sp³-hybridized carbons (Fsp3) is 0.0526. The molecule has 6 aromatic rings. The van der Waals surface area contributed by atoms with Gasteiger partial charge in [-0.25, -0.2) is 0 Å². The monoisotopic (exact) mass is 514 g/mol. The Morgan fingerprint density at radius 1 is 0.575 bits per heavy atom. The van der Waals surface area contributed by atoms with Gasteiger partial charge in [0.05, 0.1) is 0 Å². The van der Waals surface area contributed by atoms with Crippen molar-refractivity contribution < 1.29 is 0 Å². The number of benzene rings is 6. The smallest absolute Gasteiger partial charge is 0.0489 e. The summed E-state index contributed by atoms with van der Waals surface area (Å²) in [6.07, 6.45) is 7.02. The molecule has 0 saturated heterocycles. The summed E-state index contributed by atoms with van der Waals surface area (Å²) in [5.41, 5.74) is 12.4. The maximum atomic E-state index is 6.19. The van der Waals surface area contributed by atoms with Crippen molar-refractivity contribution in [1.29, 1.82) is 0 Å². The summed E-state index contributed by atoms with van der Waals surface area (Å²) in [4.78, 5) is 0. The van der Waals surface area contributed by atoms with E-state index in [0.29, 0.717) is 0 Å². The zero-order valence-corrected chi connectivity index (χ0v) is 22.2. The predicted octanol–water partition coefficient (Wildman–Crippen LogP) is 9.21. The Labute approximate surface area is 235 Å². The van der Waals surface area contributed by atoms with E-state index in [1.54, 1.807) is 0 Å². The Morgan fingerprint density at radius 2 is 1.18 bits per heavy atom. The lowest BCUT2D eigenvalue weighted by Crippen LogP contribution is -2.35. The van der Waals surface area contributed by atoms with Gasteiger partial charge in [0.15, 0.2) is 0 Å². The summed E-state index contributed by atoms with van der Waals surface area (Å²) < 4.78 is 0. The van der Waals surface area contributed by atoms with Crippen LogP contribution in [0.1, 0.15) is 22.6 Å². The molecule has 0 radical (unpaired) electrons. The molecule has 7 rings (SSSR count). The molecule has 0 spiro atoms. The van der Waals surface area contributed by atoms with Crippen LogP contribution in [-0.4, -0.2) is 0 Å². The number of hydrogen-bond donors (Lipinski definition) is 2. The lowest BCUT2D eigenvalue weighted by molar-refractivity contribution is 0.565. The predicted molar refractivity (Wildman–Crippen MR) is 170 cm³/mol. The minimum atomic E-state index is -0.442. The summed E-state index contributed by atoms with van der Waals surface area (Å²) >= 11 is 0. The molecule has 0 amide bonds. The second-order valence-corrected chi connectivity index (χ2v) is 10.5. The molecule has 6 aromatic carbocycles. The van der Waals surface area contributed by atoms with Crippen LogP contribution in [0.25, 0.3) is 21.5 Å². The second kappa shape index (κ2) is 9.91. The van der Waals surface area contributed by atoms with Crippen LogP contribution in [0.3, 0.4) is 0 Å². The Morgan fingerprint density at radius 3 is 1.93 bits per heavy atom. The van der Waals surface area contributed by atoms with E-state index < -0.39 is 5.41 Å². The van der Waals surface area contributed by atoms with Gasteiger partial charge in [-0.2, -0.15) is 0 Å². The van der Waals surface area contributed by atoms with Gasteiger partial charge in [-0.05, 0) is 74.6 Å². The third-order valence-electron chi connectivity index (χ3n) is 8.20. The normalized spacial score (nSPS) is 18.5. The highest BCUT2D eigenvalue weighted by Crippen LogP contribution is 2.51. The van der Waals surface area contributed by atoms with Gasteiger partial charge in [0.25, 0.3) is 0 Å². The number of hydrogen-bond acceptors (Lipinski definition) is 2. The van der Waals surface area contributed by atoms with Crippen molar-refractivity contribution in [2.75, 3.05) is 11.1 Å². The highest BCUT2D eigenvalue weighted by Gasteiger charge is 2.42.